The van der Waals surface area contributed by atoms with E-state index in [2.05, 4.69) is 20.0 Å². The van der Waals surface area contributed by atoms with Gasteiger partial charge in [-0.25, -0.2) is 13.8 Å². The summed E-state index contributed by atoms with van der Waals surface area (Å²) in [6.07, 6.45) is 5.07. The van der Waals surface area contributed by atoms with E-state index in [0.29, 0.717) is 18.2 Å². The molecule has 4 rings (SSSR count). The van der Waals surface area contributed by atoms with Crippen LogP contribution in [0.25, 0.3) is 0 Å². The van der Waals surface area contributed by atoms with E-state index in [9.17, 15) is 13.2 Å². The van der Waals surface area contributed by atoms with Crippen molar-refractivity contribution in [1.29, 1.82) is 5.26 Å². The van der Waals surface area contributed by atoms with E-state index in [1.165, 1.54) is 18.3 Å². The van der Waals surface area contributed by atoms with E-state index in [-0.39, 0.29) is 17.9 Å². The Labute approximate surface area is 195 Å². The zero-order chi connectivity index (χ0) is 23.9. The van der Waals surface area contributed by atoms with Crippen molar-refractivity contribution in [2.45, 2.75) is 25.3 Å². The number of halogens is 3. The summed E-state index contributed by atoms with van der Waals surface area (Å²) >= 11 is 0. The van der Waals surface area contributed by atoms with Gasteiger partial charge in [0.2, 0.25) is 12.6 Å². The largest absolute Gasteiger partial charge is 0.380 e. The second-order valence-corrected chi connectivity index (χ2v) is 8.01. The number of nitriles is 1. The van der Waals surface area contributed by atoms with Crippen molar-refractivity contribution in [3.63, 3.8) is 0 Å². The van der Waals surface area contributed by atoms with Crippen LogP contribution in [0.3, 0.4) is 0 Å². The number of rotatable bonds is 7. The quantitative estimate of drug-likeness (QED) is 0.221. The summed E-state index contributed by atoms with van der Waals surface area (Å²) in [4.78, 5) is 15.3. The molecule has 0 atom stereocenters. The van der Waals surface area contributed by atoms with Gasteiger partial charge >= 0.3 is 0 Å². The minimum atomic E-state index is -1.01. The first-order valence-corrected chi connectivity index (χ1v) is 10.8. The van der Waals surface area contributed by atoms with E-state index < -0.39 is 17.6 Å². The molecular weight excluding hydrogens is 443 g/mol. The molecule has 0 saturated carbocycles. The van der Waals surface area contributed by atoms with Crippen molar-refractivity contribution in [3.05, 3.63) is 94.8 Å². The predicted molar refractivity (Wildman–Crippen MR) is 119 cm³/mol. The van der Waals surface area contributed by atoms with E-state index in [0.717, 1.165) is 49.2 Å². The number of nitrogens with zero attached hydrogens (tertiary/aromatic N) is 5. The summed E-state index contributed by atoms with van der Waals surface area (Å²) in [7, 11) is 0. The number of hydrogen-bond donors (Lipinski definition) is 0. The number of likely N-dealkylation sites (tertiary alicyclic amines) is 1. The number of piperidine rings is 1. The lowest BCUT2D eigenvalue weighted by Crippen LogP contribution is -2.32. The number of oxime groups is 1. The number of benzene rings is 1. The zero-order valence-electron chi connectivity index (χ0n) is 18.3. The molecule has 0 radical (unpaired) electrons. The number of pyridine rings is 2. The molecular formula is C25H22F3N5O. The summed E-state index contributed by atoms with van der Waals surface area (Å²) in [5, 5.41) is 12.6. The summed E-state index contributed by atoms with van der Waals surface area (Å²) in [5.41, 5.74) is 2.87. The third-order valence-electron chi connectivity index (χ3n) is 5.76. The molecule has 1 fully saturated rings. The fraction of sp³-hybridized carbons (Fsp3) is 0.280. The normalized spacial score (nSPS) is 15.2. The minimum absolute atomic E-state index is 0.200. The lowest BCUT2D eigenvalue weighted by molar-refractivity contribution is 0.179. The van der Waals surface area contributed by atoms with Crippen LogP contribution in [0.5, 0.6) is 0 Å². The number of aromatic nitrogens is 2. The molecule has 6 nitrogen and oxygen atoms in total. The van der Waals surface area contributed by atoms with Crippen molar-refractivity contribution in [3.8, 4) is 6.07 Å². The molecule has 1 aliphatic rings. The van der Waals surface area contributed by atoms with Crippen LogP contribution in [0.4, 0.5) is 13.2 Å². The summed E-state index contributed by atoms with van der Waals surface area (Å²) in [6.45, 7) is 2.17. The van der Waals surface area contributed by atoms with Crippen molar-refractivity contribution in [2.24, 2.45) is 5.16 Å². The molecule has 34 heavy (non-hydrogen) atoms. The van der Waals surface area contributed by atoms with Gasteiger partial charge in [0.05, 0.1) is 5.69 Å². The van der Waals surface area contributed by atoms with E-state index in [1.807, 2.05) is 12.1 Å². The minimum Gasteiger partial charge on any atom is -0.380 e. The first-order chi connectivity index (χ1) is 16.5. The Kier molecular flexibility index (Phi) is 7.50. The molecule has 0 bridgehead atoms. The fourth-order valence-corrected chi connectivity index (χ4v) is 4.03. The first-order valence-electron chi connectivity index (χ1n) is 10.8. The Balaban J connectivity index is 1.42. The topological polar surface area (TPSA) is 74.4 Å². The second kappa shape index (κ2) is 10.9. The molecule has 0 N–H and O–H groups in total. The maximum absolute atomic E-state index is 13.8. The fourth-order valence-electron chi connectivity index (χ4n) is 4.03. The molecule has 0 unspecified atom stereocenters. The van der Waals surface area contributed by atoms with Crippen LogP contribution in [-0.2, 0) is 11.4 Å². The molecule has 1 saturated heterocycles. The van der Waals surface area contributed by atoms with Gasteiger partial charge in [0.1, 0.15) is 11.8 Å². The van der Waals surface area contributed by atoms with Gasteiger partial charge in [-0.3, -0.25) is 9.88 Å². The molecule has 0 amide bonds. The monoisotopic (exact) mass is 465 g/mol. The van der Waals surface area contributed by atoms with Gasteiger partial charge in [-0.2, -0.15) is 9.65 Å². The van der Waals surface area contributed by atoms with Gasteiger partial charge in [-0.1, -0.05) is 11.2 Å². The Morgan fingerprint density at radius 3 is 2.56 bits per heavy atom. The molecule has 0 spiro atoms. The molecule has 2 aromatic heterocycles. The molecule has 3 aromatic rings. The van der Waals surface area contributed by atoms with Gasteiger partial charge in [-0.15, -0.1) is 0 Å². The van der Waals surface area contributed by atoms with Crippen molar-refractivity contribution >= 4 is 5.71 Å². The van der Waals surface area contributed by atoms with E-state index >= 15 is 0 Å². The summed E-state index contributed by atoms with van der Waals surface area (Å²) in [5.74, 6) is -2.12. The number of hydrogen-bond acceptors (Lipinski definition) is 6. The molecule has 1 aromatic carbocycles. The maximum atomic E-state index is 13.8. The standard InChI is InChI=1S/C25H22F3N5O/c26-21-3-2-20(13-22(21)27)25(32-34-12-8-29)23-4-1-17(15-31-23)16-33-10-6-18(7-11-33)19-5-9-30-24(28)14-19/h1-5,9,13-15,18H,6-7,10-12,16H2. The smallest absolute Gasteiger partial charge is 0.213 e. The third kappa shape index (κ3) is 5.77. The lowest BCUT2D eigenvalue weighted by Gasteiger charge is -2.32. The van der Waals surface area contributed by atoms with Gasteiger partial charge < -0.3 is 4.84 Å². The van der Waals surface area contributed by atoms with Gasteiger partial charge in [0, 0.05) is 24.5 Å². The Hall–Kier alpha value is -3.77. The molecule has 1 aliphatic heterocycles. The SMILES string of the molecule is N#CCON=C(c1ccc(F)c(F)c1)c1ccc(CN2CCC(c3ccnc(F)c3)CC2)cn1. The van der Waals surface area contributed by atoms with E-state index in [4.69, 9.17) is 10.1 Å². The highest BCUT2D eigenvalue weighted by atomic mass is 19.2. The highest BCUT2D eigenvalue weighted by Crippen LogP contribution is 2.28. The van der Waals surface area contributed by atoms with Crippen molar-refractivity contribution in [1.82, 2.24) is 14.9 Å². The van der Waals surface area contributed by atoms with Crippen LogP contribution in [0.1, 0.15) is 41.1 Å². The zero-order valence-corrected chi connectivity index (χ0v) is 18.3. The van der Waals surface area contributed by atoms with Crippen LogP contribution < -0.4 is 0 Å². The van der Waals surface area contributed by atoms with Crippen LogP contribution in [0.15, 0.2) is 60.0 Å². The Morgan fingerprint density at radius 1 is 1.06 bits per heavy atom. The maximum Gasteiger partial charge on any atom is 0.213 e. The molecule has 3 heterocycles. The third-order valence-corrected chi connectivity index (χ3v) is 5.76. The summed E-state index contributed by atoms with van der Waals surface area (Å²) in [6, 6.07) is 12.2. The molecule has 0 aliphatic carbocycles. The summed E-state index contributed by atoms with van der Waals surface area (Å²) < 4.78 is 40.5. The van der Waals surface area contributed by atoms with Crippen LogP contribution >= 0.6 is 0 Å². The Bertz CT molecular complexity index is 1200. The van der Waals surface area contributed by atoms with E-state index in [1.54, 1.807) is 18.3 Å². The highest BCUT2D eigenvalue weighted by Gasteiger charge is 2.21. The second-order valence-electron chi connectivity index (χ2n) is 8.01. The Morgan fingerprint density at radius 2 is 1.88 bits per heavy atom. The average molecular weight is 465 g/mol. The molecule has 9 heteroatoms. The lowest BCUT2D eigenvalue weighted by atomic mass is 9.90. The predicted octanol–water partition coefficient (Wildman–Crippen LogP) is 4.57. The van der Waals surface area contributed by atoms with Gasteiger partial charge in [0.15, 0.2) is 11.6 Å². The first kappa shape index (κ1) is 23.4. The highest BCUT2D eigenvalue weighted by molar-refractivity contribution is 6.11. The van der Waals surface area contributed by atoms with Crippen molar-refractivity contribution < 1.29 is 18.0 Å². The average Bonchev–Trinajstić information content (AvgIpc) is 2.85. The van der Waals surface area contributed by atoms with Gasteiger partial charge in [0.25, 0.3) is 0 Å². The van der Waals surface area contributed by atoms with Crippen LogP contribution in [0, 0.1) is 28.9 Å². The van der Waals surface area contributed by atoms with Gasteiger partial charge in [-0.05, 0) is 79.4 Å². The molecule has 174 valence electrons. The van der Waals surface area contributed by atoms with Crippen LogP contribution in [-0.4, -0.2) is 40.3 Å². The van der Waals surface area contributed by atoms with Crippen LogP contribution in [0.2, 0.25) is 0 Å². The van der Waals surface area contributed by atoms with Crippen molar-refractivity contribution in [2.75, 3.05) is 19.7 Å².